The lowest BCUT2D eigenvalue weighted by atomic mass is 10.1. The van der Waals surface area contributed by atoms with Crippen molar-refractivity contribution >= 4 is 11.9 Å². The summed E-state index contributed by atoms with van der Waals surface area (Å²) >= 11 is 0. The zero-order valence-electron chi connectivity index (χ0n) is 11.1. The third-order valence-corrected chi connectivity index (χ3v) is 3.25. The molecule has 0 radical (unpaired) electrons. The first kappa shape index (κ1) is 15.3. The van der Waals surface area contributed by atoms with Crippen LogP contribution in [0.4, 0.5) is 13.2 Å². The number of halogens is 3. The molecule has 2 rings (SSSR count). The molecule has 0 heterocycles. The number of amides is 1. The number of aliphatic carboxylic acids is 1. The average Bonchev–Trinajstić information content (AvgIpc) is 3.19. The molecule has 0 saturated heterocycles. The second-order valence-electron chi connectivity index (χ2n) is 5.07. The van der Waals surface area contributed by atoms with Crippen LogP contribution >= 0.6 is 0 Å². The number of carbonyl (C=O) groups is 2. The zero-order chi connectivity index (χ0) is 15.6. The highest BCUT2D eigenvalue weighted by Crippen LogP contribution is 2.34. The Morgan fingerprint density at radius 1 is 1.24 bits per heavy atom. The SMILES string of the molecule is O=C(O)CN(CC1CC1)C(=O)c1ccccc1C(F)(F)F. The minimum atomic E-state index is -4.65. The molecule has 1 aliphatic carbocycles. The Hall–Kier alpha value is -2.05. The molecule has 0 aliphatic heterocycles. The van der Waals surface area contributed by atoms with Crippen LogP contribution in [-0.4, -0.2) is 35.0 Å². The van der Waals surface area contributed by atoms with Crippen molar-refractivity contribution in [3.05, 3.63) is 35.4 Å². The molecule has 1 N–H and O–H groups in total. The molecule has 1 aromatic rings. The first-order valence-electron chi connectivity index (χ1n) is 6.46. The minimum Gasteiger partial charge on any atom is -0.480 e. The Balaban J connectivity index is 2.29. The predicted octanol–water partition coefficient (Wildman–Crippen LogP) is 2.64. The normalized spacial score (nSPS) is 14.8. The van der Waals surface area contributed by atoms with Crippen molar-refractivity contribution < 1.29 is 27.9 Å². The summed E-state index contributed by atoms with van der Waals surface area (Å²) in [6.07, 6.45) is -2.92. The van der Waals surface area contributed by atoms with Gasteiger partial charge in [0.15, 0.2) is 0 Å². The van der Waals surface area contributed by atoms with Gasteiger partial charge in [0.2, 0.25) is 0 Å². The predicted molar refractivity (Wildman–Crippen MR) is 67.7 cm³/mol. The molecular formula is C14H14F3NO3. The lowest BCUT2D eigenvalue weighted by Gasteiger charge is -2.22. The molecule has 0 unspecified atom stereocenters. The van der Waals surface area contributed by atoms with Gasteiger partial charge in [-0.25, -0.2) is 0 Å². The number of alkyl halides is 3. The number of rotatable bonds is 5. The summed E-state index contributed by atoms with van der Waals surface area (Å²) < 4.78 is 38.8. The van der Waals surface area contributed by atoms with Crippen molar-refractivity contribution in [3.63, 3.8) is 0 Å². The van der Waals surface area contributed by atoms with Crippen molar-refractivity contribution in [1.82, 2.24) is 4.90 Å². The molecule has 114 valence electrons. The average molecular weight is 301 g/mol. The Morgan fingerprint density at radius 2 is 1.86 bits per heavy atom. The van der Waals surface area contributed by atoms with Crippen molar-refractivity contribution in [2.45, 2.75) is 19.0 Å². The third kappa shape index (κ3) is 3.96. The van der Waals surface area contributed by atoms with Crippen molar-refractivity contribution in [1.29, 1.82) is 0 Å². The fourth-order valence-corrected chi connectivity index (χ4v) is 2.08. The van der Waals surface area contributed by atoms with Gasteiger partial charge in [0, 0.05) is 6.54 Å². The van der Waals surface area contributed by atoms with Crippen LogP contribution in [0.5, 0.6) is 0 Å². The van der Waals surface area contributed by atoms with Crippen LogP contribution in [0, 0.1) is 5.92 Å². The van der Waals surface area contributed by atoms with Crippen LogP contribution in [0.15, 0.2) is 24.3 Å². The van der Waals surface area contributed by atoms with Gasteiger partial charge in [-0.3, -0.25) is 9.59 Å². The lowest BCUT2D eigenvalue weighted by molar-refractivity contribution is -0.138. The minimum absolute atomic E-state index is 0.178. The highest BCUT2D eigenvalue weighted by molar-refractivity contribution is 5.97. The van der Waals surface area contributed by atoms with Crippen LogP contribution in [0.25, 0.3) is 0 Å². The molecule has 0 spiro atoms. The summed E-state index contributed by atoms with van der Waals surface area (Å²) in [5.41, 5.74) is -1.55. The van der Waals surface area contributed by atoms with E-state index in [4.69, 9.17) is 5.11 Å². The monoisotopic (exact) mass is 301 g/mol. The molecule has 21 heavy (non-hydrogen) atoms. The maximum absolute atomic E-state index is 12.9. The Morgan fingerprint density at radius 3 is 2.38 bits per heavy atom. The first-order valence-corrected chi connectivity index (χ1v) is 6.46. The van der Waals surface area contributed by atoms with E-state index in [0.29, 0.717) is 0 Å². The van der Waals surface area contributed by atoms with E-state index in [-0.39, 0.29) is 12.5 Å². The van der Waals surface area contributed by atoms with Gasteiger partial charge < -0.3 is 10.0 Å². The fourth-order valence-electron chi connectivity index (χ4n) is 2.08. The largest absolute Gasteiger partial charge is 0.480 e. The molecule has 0 aromatic heterocycles. The standard InChI is InChI=1S/C14H14F3NO3/c15-14(16,17)11-4-2-1-3-10(11)13(21)18(8-12(19)20)7-9-5-6-9/h1-4,9H,5-8H2,(H,19,20). The molecule has 0 atom stereocenters. The summed E-state index contributed by atoms with van der Waals surface area (Å²) in [5.74, 6) is -1.95. The van der Waals surface area contributed by atoms with Gasteiger partial charge >= 0.3 is 12.1 Å². The Bertz CT molecular complexity index is 553. The number of hydrogen-bond donors (Lipinski definition) is 1. The van der Waals surface area contributed by atoms with Crippen molar-refractivity contribution in [3.8, 4) is 0 Å². The van der Waals surface area contributed by atoms with Gasteiger partial charge in [0.1, 0.15) is 6.54 Å². The van der Waals surface area contributed by atoms with Gasteiger partial charge in [-0.15, -0.1) is 0 Å². The van der Waals surface area contributed by atoms with Crippen LogP contribution in [0.3, 0.4) is 0 Å². The molecular weight excluding hydrogens is 287 g/mol. The van der Waals surface area contributed by atoms with E-state index >= 15 is 0 Å². The molecule has 1 aliphatic rings. The van der Waals surface area contributed by atoms with Crippen LogP contribution in [-0.2, 0) is 11.0 Å². The van der Waals surface area contributed by atoms with Crippen molar-refractivity contribution in [2.24, 2.45) is 5.92 Å². The third-order valence-electron chi connectivity index (χ3n) is 3.25. The molecule has 1 aromatic carbocycles. The fraction of sp³-hybridized carbons (Fsp3) is 0.429. The molecule has 0 bridgehead atoms. The second-order valence-corrected chi connectivity index (χ2v) is 5.07. The van der Waals surface area contributed by atoms with E-state index in [0.717, 1.165) is 29.9 Å². The Labute approximate surface area is 119 Å². The number of carbonyl (C=O) groups excluding carboxylic acids is 1. The second kappa shape index (κ2) is 5.75. The lowest BCUT2D eigenvalue weighted by Crippen LogP contribution is -2.38. The van der Waals surface area contributed by atoms with E-state index in [2.05, 4.69) is 0 Å². The van der Waals surface area contributed by atoms with E-state index < -0.39 is 35.7 Å². The molecule has 4 nitrogen and oxygen atoms in total. The zero-order valence-corrected chi connectivity index (χ0v) is 11.1. The van der Waals surface area contributed by atoms with Gasteiger partial charge in [0.25, 0.3) is 5.91 Å². The number of benzene rings is 1. The first-order chi connectivity index (χ1) is 9.79. The van der Waals surface area contributed by atoms with Gasteiger partial charge in [0.05, 0.1) is 11.1 Å². The summed E-state index contributed by atoms with van der Waals surface area (Å²) in [6.45, 7) is -0.418. The quantitative estimate of drug-likeness (QED) is 0.909. The van der Waals surface area contributed by atoms with Crippen LogP contribution in [0.2, 0.25) is 0 Å². The maximum atomic E-state index is 12.9. The van der Waals surface area contributed by atoms with Gasteiger partial charge in [-0.2, -0.15) is 13.2 Å². The van der Waals surface area contributed by atoms with Crippen LogP contribution in [0.1, 0.15) is 28.8 Å². The van der Waals surface area contributed by atoms with E-state index in [9.17, 15) is 22.8 Å². The summed E-state index contributed by atoms with van der Waals surface area (Å²) in [7, 11) is 0. The summed E-state index contributed by atoms with van der Waals surface area (Å²) in [4.78, 5) is 24.1. The molecule has 1 fully saturated rings. The van der Waals surface area contributed by atoms with E-state index in [1.54, 1.807) is 0 Å². The van der Waals surface area contributed by atoms with Crippen LogP contribution < -0.4 is 0 Å². The smallest absolute Gasteiger partial charge is 0.417 e. The Kier molecular flexibility index (Phi) is 4.20. The van der Waals surface area contributed by atoms with Gasteiger partial charge in [-0.1, -0.05) is 12.1 Å². The number of carboxylic acids is 1. The van der Waals surface area contributed by atoms with E-state index in [1.165, 1.54) is 12.1 Å². The number of carboxylic acid groups (broad SMARTS) is 1. The molecule has 1 amide bonds. The molecule has 1 saturated carbocycles. The topological polar surface area (TPSA) is 57.6 Å². The molecule has 7 heteroatoms. The summed E-state index contributed by atoms with van der Waals surface area (Å²) in [5, 5.41) is 8.83. The summed E-state index contributed by atoms with van der Waals surface area (Å²) in [6, 6.07) is 4.43. The number of hydrogen-bond acceptors (Lipinski definition) is 2. The highest BCUT2D eigenvalue weighted by Gasteiger charge is 2.37. The van der Waals surface area contributed by atoms with E-state index in [1.807, 2.05) is 0 Å². The number of nitrogens with zero attached hydrogens (tertiary/aromatic N) is 1. The van der Waals surface area contributed by atoms with Gasteiger partial charge in [-0.05, 0) is 30.9 Å². The maximum Gasteiger partial charge on any atom is 0.417 e. The van der Waals surface area contributed by atoms with Crippen molar-refractivity contribution in [2.75, 3.05) is 13.1 Å². The highest BCUT2D eigenvalue weighted by atomic mass is 19.4.